The molecule has 0 spiro atoms. The van der Waals surface area contributed by atoms with Crippen LogP contribution in [-0.4, -0.2) is 46.0 Å². The van der Waals surface area contributed by atoms with Crippen LogP contribution in [0.5, 0.6) is 0 Å². The minimum Gasteiger partial charge on any atom is -0.481 e. The molecule has 8 heteroatoms. The number of hydrogen-bond acceptors (Lipinski definition) is 4. The largest absolute Gasteiger partial charge is 0.481 e. The zero-order chi connectivity index (χ0) is 23.9. The van der Waals surface area contributed by atoms with E-state index in [0.717, 1.165) is 5.56 Å². The van der Waals surface area contributed by atoms with Crippen molar-refractivity contribution in [2.24, 2.45) is 5.92 Å². The van der Waals surface area contributed by atoms with Crippen molar-refractivity contribution in [1.29, 1.82) is 0 Å². The quantitative estimate of drug-likeness (QED) is 0.433. The highest BCUT2D eigenvalue weighted by Gasteiger charge is 2.35. The third kappa shape index (κ3) is 6.86. The third-order valence-corrected chi connectivity index (χ3v) is 5.28. The number of rotatable bonds is 11. The Morgan fingerprint density at radius 2 is 1.70 bits per heavy atom. The molecule has 0 bridgehead atoms. The fourth-order valence-corrected chi connectivity index (χ4v) is 2.83. The summed E-state index contributed by atoms with van der Waals surface area (Å²) < 4.78 is 8.45. The molecule has 1 rings (SSSR count). The topological polar surface area (TPSA) is 133 Å². The molecule has 0 aliphatic carbocycles. The van der Waals surface area contributed by atoms with Gasteiger partial charge in [-0.1, -0.05) is 50.1 Å². The van der Waals surface area contributed by atoms with Gasteiger partial charge in [-0.15, -0.1) is 0 Å². The van der Waals surface area contributed by atoms with Crippen LogP contribution < -0.4 is 10.6 Å². The number of nitrogens with one attached hydrogen (secondary N) is 2. The summed E-state index contributed by atoms with van der Waals surface area (Å²) in [7, 11) is 0. The van der Waals surface area contributed by atoms with E-state index in [0.29, 0.717) is 17.3 Å². The van der Waals surface area contributed by atoms with Gasteiger partial charge in [0.05, 0.1) is 5.41 Å². The first-order valence-electron chi connectivity index (χ1n) is 10.4. The van der Waals surface area contributed by atoms with E-state index in [4.69, 9.17) is 6.52 Å². The summed E-state index contributed by atoms with van der Waals surface area (Å²) >= 11 is 0. The van der Waals surface area contributed by atoms with Crippen molar-refractivity contribution in [2.75, 3.05) is 0 Å². The van der Waals surface area contributed by atoms with Crippen molar-refractivity contribution >= 4 is 23.8 Å². The lowest BCUT2D eigenvalue weighted by Crippen LogP contribution is -2.56. The van der Waals surface area contributed by atoms with Crippen molar-refractivity contribution in [1.82, 2.24) is 10.6 Å². The molecule has 0 aliphatic heterocycles. The summed E-state index contributed by atoms with van der Waals surface area (Å²) in [6.45, 7) is 8.75. The number of hydrogen-bond donors (Lipinski definition) is 4. The first-order chi connectivity index (χ1) is 14.3. The molecule has 0 radical (unpaired) electrons. The number of benzene rings is 1. The number of carboxylic acid groups (broad SMARTS) is 2. The van der Waals surface area contributed by atoms with Crippen molar-refractivity contribution in [3.63, 3.8) is 0 Å². The summed E-state index contributed by atoms with van der Waals surface area (Å²) in [5.74, 6) is -4.38. The summed E-state index contributed by atoms with van der Waals surface area (Å²) in [6.07, 6.45) is -0.266. The van der Waals surface area contributed by atoms with E-state index < -0.39 is 53.6 Å². The molecule has 0 saturated carbocycles. The molecule has 8 nitrogen and oxygen atoms in total. The summed E-state index contributed by atoms with van der Waals surface area (Å²) in [4.78, 5) is 48.4. The molecule has 0 heterocycles. The maximum absolute atomic E-state index is 13.2. The van der Waals surface area contributed by atoms with E-state index in [2.05, 4.69) is 5.32 Å². The Hall–Kier alpha value is -2.90. The van der Waals surface area contributed by atoms with Gasteiger partial charge in [-0.2, -0.15) is 0 Å². The fourth-order valence-electron chi connectivity index (χ4n) is 2.83. The molecule has 1 aromatic carbocycles. The van der Waals surface area contributed by atoms with Crippen LogP contribution in [0.25, 0.3) is 0 Å². The molecule has 0 saturated heterocycles. The van der Waals surface area contributed by atoms with Crippen molar-refractivity contribution in [3.05, 3.63) is 35.4 Å². The molecule has 166 valence electrons. The molecule has 30 heavy (non-hydrogen) atoms. The number of carboxylic acids is 2. The molecular weight excluding hydrogens is 388 g/mol. The maximum Gasteiger partial charge on any atom is 0.326 e. The van der Waals surface area contributed by atoms with Crippen LogP contribution in [0.2, 0.25) is 1.41 Å². The van der Waals surface area contributed by atoms with E-state index in [1.165, 1.54) is 0 Å². The SMILES string of the molecule is [2H]N(C(=O)C(C)(C)c1ccc(C)cc1)[C@H](C(=O)N[C@@H](CCC(=O)O)C(=O)O)[C@@H](C)CC. The number of carbonyl (C=O) groups is 4. The molecular formula is C22H32N2O6. The minimum absolute atomic E-state index is 0.301. The fraction of sp³-hybridized carbons (Fsp3) is 0.545. The lowest BCUT2D eigenvalue weighted by molar-refractivity contribution is -0.143. The first kappa shape index (κ1) is 23.4. The predicted octanol–water partition coefficient (Wildman–Crippen LogP) is 2.24. The van der Waals surface area contributed by atoms with E-state index in [-0.39, 0.29) is 6.42 Å². The van der Waals surface area contributed by atoms with Gasteiger partial charge in [-0.25, -0.2) is 4.79 Å². The zero-order valence-electron chi connectivity index (χ0n) is 19.1. The van der Waals surface area contributed by atoms with Gasteiger partial charge in [0.1, 0.15) is 12.1 Å². The normalized spacial score (nSPS) is 14.8. The van der Waals surface area contributed by atoms with Gasteiger partial charge >= 0.3 is 11.9 Å². The van der Waals surface area contributed by atoms with Gasteiger partial charge in [-0.05, 0) is 38.7 Å². The van der Waals surface area contributed by atoms with Crippen LogP contribution >= 0.6 is 0 Å². The van der Waals surface area contributed by atoms with Gasteiger partial charge in [0.15, 0.2) is 1.41 Å². The molecule has 2 amide bonds. The van der Waals surface area contributed by atoms with Crippen molar-refractivity contribution < 1.29 is 30.8 Å². The highest BCUT2D eigenvalue weighted by Crippen LogP contribution is 2.24. The number of amides is 2. The van der Waals surface area contributed by atoms with Crippen LogP contribution in [-0.2, 0) is 24.6 Å². The second kappa shape index (κ2) is 10.8. The van der Waals surface area contributed by atoms with Gasteiger partial charge in [0, 0.05) is 6.42 Å². The number of carbonyl (C=O) groups excluding carboxylic acids is 2. The molecule has 0 unspecified atom stereocenters. The third-order valence-electron chi connectivity index (χ3n) is 5.28. The van der Waals surface area contributed by atoms with Gasteiger partial charge < -0.3 is 20.8 Å². The highest BCUT2D eigenvalue weighted by molar-refractivity contribution is 5.94. The van der Waals surface area contributed by atoms with Crippen LogP contribution in [0, 0.1) is 12.8 Å². The van der Waals surface area contributed by atoms with Gasteiger partial charge in [0.2, 0.25) is 11.8 Å². The molecule has 0 aromatic heterocycles. The first-order valence-corrected chi connectivity index (χ1v) is 9.97. The second-order valence-corrected chi connectivity index (χ2v) is 8.09. The Morgan fingerprint density at radius 1 is 1.13 bits per heavy atom. The average molecular weight is 422 g/mol. The Kier molecular flexibility index (Phi) is 8.38. The van der Waals surface area contributed by atoms with Gasteiger partial charge in [0.25, 0.3) is 0 Å². The van der Waals surface area contributed by atoms with Crippen molar-refractivity contribution in [2.45, 2.75) is 71.4 Å². The van der Waals surface area contributed by atoms with Crippen LogP contribution in [0.3, 0.4) is 0 Å². The van der Waals surface area contributed by atoms with E-state index in [1.807, 2.05) is 19.1 Å². The Morgan fingerprint density at radius 3 is 2.17 bits per heavy atom. The molecule has 1 aromatic rings. The zero-order valence-corrected chi connectivity index (χ0v) is 18.1. The van der Waals surface area contributed by atoms with Crippen LogP contribution in [0.15, 0.2) is 24.3 Å². The minimum atomic E-state index is -1.43. The lowest BCUT2D eigenvalue weighted by atomic mass is 9.82. The number of aryl methyl sites for hydroxylation is 1. The molecule has 0 aliphatic rings. The predicted molar refractivity (Wildman–Crippen MR) is 112 cm³/mol. The maximum atomic E-state index is 13.2. The second-order valence-electron chi connectivity index (χ2n) is 8.09. The smallest absolute Gasteiger partial charge is 0.326 e. The van der Waals surface area contributed by atoms with E-state index >= 15 is 0 Å². The van der Waals surface area contributed by atoms with E-state index in [1.54, 1.807) is 39.8 Å². The molecule has 3 atom stereocenters. The number of aliphatic carboxylic acids is 2. The molecule has 4 N–H and O–H groups in total. The Labute approximate surface area is 178 Å². The Balaban J connectivity index is 3.14. The molecule has 0 fully saturated rings. The lowest BCUT2D eigenvalue weighted by Gasteiger charge is -2.30. The van der Waals surface area contributed by atoms with Crippen LogP contribution in [0.1, 0.15) is 58.1 Å². The van der Waals surface area contributed by atoms with Gasteiger partial charge in [-0.3, -0.25) is 14.4 Å². The summed E-state index contributed by atoms with van der Waals surface area (Å²) in [6, 6.07) is 4.66. The van der Waals surface area contributed by atoms with Crippen LogP contribution in [0.4, 0.5) is 0 Å². The van der Waals surface area contributed by atoms with E-state index in [9.17, 15) is 24.3 Å². The Bertz CT molecular complexity index is 809. The highest BCUT2D eigenvalue weighted by atomic mass is 16.4. The summed E-state index contributed by atoms with van der Waals surface area (Å²) in [5.41, 5.74) is 0.623. The standard InChI is InChI=1S/C22H32N2O6/c1-6-14(3)18(19(27)23-16(20(28)29)11-12-17(25)26)24-21(30)22(4,5)15-9-7-13(2)8-10-15/h7-10,14,16,18H,6,11-12H2,1-5H3,(H,23,27)(H,24,30)(H,25,26)(H,28,29)/t14-,16-,18-/m0/s1/i/hD. The summed E-state index contributed by atoms with van der Waals surface area (Å²) in [5, 5.41) is 21.1. The monoisotopic (exact) mass is 421 g/mol. The van der Waals surface area contributed by atoms with Crippen molar-refractivity contribution in [3.8, 4) is 0 Å². The average Bonchev–Trinajstić information content (AvgIpc) is 2.70.